The number of aromatic nitrogens is 2. The first-order chi connectivity index (χ1) is 17.0. The van der Waals surface area contributed by atoms with Gasteiger partial charge in [0.25, 0.3) is 0 Å². The van der Waals surface area contributed by atoms with Crippen LogP contribution in [-0.4, -0.2) is 40.6 Å². The first-order valence-electron chi connectivity index (χ1n) is 11.8. The number of carbonyl (C=O) groups is 2. The van der Waals surface area contributed by atoms with Gasteiger partial charge in [-0.3, -0.25) is 9.59 Å². The Labute approximate surface area is 203 Å². The number of Topliss-reactive ketones (excluding diaryl/α,β-unsaturated/α-hetero) is 1. The molecule has 7 heteroatoms. The van der Waals surface area contributed by atoms with Crippen LogP contribution in [0.4, 0.5) is 0 Å². The van der Waals surface area contributed by atoms with E-state index in [1.807, 2.05) is 79.2 Å². The summed E-state index contributed by atoms with van der Waals surface area (Å²) >= 11 is 0. The number of aromatic amines is 1. The summed E-state index contributed by atoms with van der Waals surface area (Å²) < 4.78 is 19.3. The molecule has 0 radical (unpaired) electrons. The molecule has 3 heterocycles. The fourth-order valence-electron chi connectivity index (χ4n) is 4.59. The number of esters is 1. The highest BCUT2D eigenvalue weighted by molar-refractivity contribution is 5.99. The zero-order valence-corrected chi connectivity index (χ0v) is 19.9. The molecule has 180 valence electrons. The summed E-state index contributed by atoms with van der Waals surface area (Å²) in [6, 6.07) is 17.4. The summed E-state index contributed by atoms with van der Waals surface area (Å²) in [4.78, 5) is 28.4. The van der Waals surface area contributed by atoms with Crippen LogP contribution in [-0.2, 0) is 22.5 Å². The normalized spacial score (nSPS) is 14.7. The Morgan fingerprint density at radius 3 is 2.71 bits per heavy atom. The monoisotopic (exact) mass is 472 g/mol. The third kappa shape index (κ3) is 4.80. The van der Waals surface area contributed by atoms with Gasteiger partial charge < -0.3 is 23.8 Å². The lowest BCUT2D eigenvalue weighted by atomic mass is 10.1. The van der Waals surface area contributed by atoms with Crippen molar-refractivity contribution in [1.29, 1.82) is 0 Å². The number of ether oxygens (including phenoxy) is 3. The summed E-state index contributed by atoms with van der Waals surface area (Å²) in [5, 5.41) is 1.10. The van der Waals surface area contributed by atoms with E-state index in [0.717, 1.165) is 39.4 Å². The molecule has 1 aliphatic heterocycles. The van der Waals surface area contributed by atoms with E-state index in [-0.39, 0.29) is 30.9 Å². The third-order valence-corrected chi connectivity index (χ3v) is 6.47. The van der Waals surface area contributed by atoms with Crippen LogP contribution in [0.25, 0.3) is 10.9 Å². The summed E-state index contributed by atoms with van der Waals surface area (Å²) in [6.45, 7) is 4.58. The molecule has 0 amide bonds. The van der Waals surface area contributed by atoms with E-state index in [4.69, 9.17) is 14.2 Å². The number of benzene rings is 2. The molecule has 1 N–H and O–H groups in total. The quantitative estimate of drug-likeness (QED) is 0.295. The second-order valence-electron chi connectivity index (χ2n) is 8.84. The van der Waals surface area contributed by atoms with E-state index in [2.05, 4.69) is 4.98 Å². The maximum Gasteiger partial charge on any atom is 0.306 e. The van der Waals surface area contributed by atoms with Crippen LogP contribution in [0.5, 0.6) is 11.5 Å². The SMILES string of the molecule is Cc1cc(C(=O)COC(=O)CCc2c[nH]c3ccccc23)c(C)n1CC1COc2ccccc2O1. The van der Waals surface area contributed by atoms with E-state index >= 15 is 0 Å². The van der Waals surface area contributed by atoms with Gasteiger partial charge in [-0.2, -0.15) is 0 Å². The zero-order valence-electron chi connectivity index (χ0n) is 19.9. The molecule has 2 aromatic heterocycles. The average molecular weight is 473 g/mol. The van der Waals surface area contributed by atoms with Crippen molar-refractivity contribution in [2.75, 3.05) is 13.2 Å². The van der Waals surface area contributed by atoms with Crippen molar-refractivity contribution in [2.45, 2.75) is 39.3 Å². The Balaban J connectivity index is 1.16. The van der Waals surface area contributed by atoms with Crippen molar-refractivity contribution >= 4 is 22.7 Å². The molecule has 7 nitrogen and oxygen atoms in total. The Bertz CT molecular complexity index is 1380. The first-order valence-corrected chi connectivity index (χ1v) is 11.8. The van der Waals surface area contributed by atoms with Gasteiger partial charge in [-0.05, 0) is 50.1 Å². The molecule has 4 aromatic rings. The number of aryl methyl sites for hydroxylation is 2. The first kappa shape index (κ1) is 22.8. The number of hydrogen-bond donors (Lipinski definition) is 1. The number of nitrogens with zero attached hydrogens (tertiary/aromatic N) is 1. The van der Waals surface area contributed by atoms with Gasteiger partial charge in [0.15, 0.2) is 24.2 Å². The summed E-state index contributed by atoms with van der Waals surface area (Å²) in [5.41, 5.74) is 4.42. The third-order valence-electron chi connectivity index (χ3n) is 6.47. The highest BCUT2D eigenvalue weighted by Gasteiger charge is 2.24. The molecule has 0 aliphatic carbocycles. The largest absolute Gasteiger partial charge is 0.486 e. The minimum atomic E-state index is -0.385. The van der Waals surface area contributed by atoms with E-state index < -0.39 is 0 Å². The van der Waals surface area contributed by atoms with Crippen molar-refractivity contribution in [3.8, 4) is 11.5 Å². The maximum atomic E-state index is 12.8. The molecular weight excluding hydrogens is 444 g/mol. The smallest absolute Gasteiger partial charge is 0.306 e. The minimum Gasteiger partial charge on any atom is -0.486 e. The van der Waals surface area contributed by atoms with Gasteiger partial charge in [-0.1, -0.05) is 30.3 Å². The number of nitrogens with one attached hydrogen (secondary N) is 1. The van der Waals surface area contributed by atoms with E-state index in [9.17, 15) is 9.59 Å². The van der Waals surface area contributed by atoms with Crippen molar-refractivity contribution in [3.05, 3.63) is 83.3 Å². The van der Waals surface area contributed by atoms with Gasteiger partial charge in [-0.25, -0.2) is 0 Å². The standard InChI is InChI=1S/C28H28N2O5/c1-18-13-23(19(2)30(18)15-21-16-33-26-9-5-6-10-27(26)35-21)25(31)17-34-28(32)12-11-20-14-29-24-8-4-3-7-22(20)24/h3-10,13-14,21,29H,11-12,15-17H2,1-2H3. The molecule has 0 saturated heterocycles. The van der Waals surface area contributed by atoms with Gasteiger partial charge in [0.2, 0.25) is 5.78 Å². The molecular formula is C28H28N2O5. The van der Waals surface area contributed by atoms with Crippen LogP contribution < -0.4 is 9.47 Å². The predicted molar refractivity (Wildman–Crippen MR) is 132 cm³/mol. The van der Waals surface area contributed by atoms with E-state index in [0.29, 0.717) is 25.1 Å². The van der Waals surface area contributed by atoms with Crippen LogP contribution in [0.15, 0.2) is 60.8 Å². The lowest BCUT2D eigenvalue weighted by Crippen LogP contribution is -2.33. The number of fused-ring (bicyclic) bond motifs is 2. The van der Waals surface area contributed by atoms with Gasteiger partial charge in [0.1, 0.15) is 6.61 Å². The Morgan fingerprint density at radius 1 is 1.09 bits per heavy atom. The van der Waals surface area contributed by atoms with E-state index in [1.165, 1.54) is 0 Å². The second-order valence-corrected chi connectivity index (χ2v) is 8.84. The number of rotatable bonds is 8. The molecule has 1 unspecified atom stereocenters. The topological polar surface area (TPSA) is 82.6 Å². The second kappa shape index (κ2) is 9.70. The number of carbonyl (C=O) groups excluding carboxylic acids is 2. The fraction of sp³-hybridized carbons (Fsp3) is 0.286. The Morgan fingerprint density at radius 2 is 1.86 bits per heavy atom. The predicted octanol–water partition coefficient (Wildman–Crippen LogP) is 4.78. The molecule has 35 heavy (non-hydrogen) atoms. The van der Waals surface area contributed by atoms with Gasteiger partial charge in [0, 0.05) is 40.5 Å². The van der Waals surface area contributed by atoms with Crippen molar-refractivity contribution in [2.24, 2.45) is 0 Å². The van der Waals surface area contributed by atoms with Crippen molar-refractivity contribution in [3.63, 3.8) is 0 Å². The lowest BCUT2D eigenvalue weighted by Gasteiger charge is -2.27. The van der Waals surface area contributed by atoms with E-state index in [1.54, 1.807) is 0 Å². The molecule has 2 aromatic carbocycles. The summed E-state index contributed by atoms with van der Waals surface area (Å²) in [5.74, 6) is 0.869. The molecule has 5 rings (SSSR count). The molecule has 1 aliphatic rings. The minimum absolute atomic E-state index is 0.167. The number of H-pyrrole nitrogens is 1. The maximum absolute atomic E-state index is 12.8. The molecule has 1 atom stereocenters. The highest BCUT2D eigenvalue weighted by atomic mass is 16.6. The van der Waals surface area contributed by atoms with Crippen LogP contribution in [0.1, 0.15) is 33.7 Å². The van der Waals surface area contributed by atoms with Crippen LogP contribution >= 0.6 is 0 Å². The Kier molecular flexibility index (Phi) is 6.31. The molecule has 0 fully saturated rings. The molecule has 0 bridgehead atoms. The zero-order chi connectivity index (χ0) is 24.4. The molecule has 0 saturated carbocycles. The highest BCUT2D eigenvalue weighted by Crippen LogP contribution is 2.31. The molecule has 0 spiro atoms. The summed E-state index contributed by atoms with van der Waals surface area (Å²) in [7, 11) is 0. The van der Waals surface area contributed by atoms with Crippen LogP contribution in [0, 0.1) is 13.8 Å². The van der Waals surface area contributed by atoms with Gasteiger partial charge >= 0.3 is 5.97 Å². The Hall–Kier alpha value is -4.00. The fourth-order valence-corrected chi connectivity index (χ4v) is 4.59. The van der Waals surface area contributed by atoms with Crippen molar-refractivity contribution in [1.82, 2.24) is 9.55 Å². The number of para-hydroxylation sites is 3. The average Bonchev–Trinajstić information content (AvgIpc) is 3.42. The van der Waals surface area contributed by atoms with Crippen LogP contribution in [0.2, 0.25) is 0 Å². The van der Waals surface area contributed by atoms with Gasteiger partial charge in [-0.15, -0.1) is 0 Å². The van der Waals surface area contributed by atoms with Crippen molar-refractivity contribution < 1.29 is 23.8 Å². The summed E-state index contributed by atoms with van der Waals surface area (Å²) in [6.07, 6.45) is 2.52. The number of ketones is 1. The number of hydrogen-bond acceptors (Lipinski definition) is 5. The van der Waals surface area contributed by atoms with Crippen LogP contribution in [0.3, 0.4) is 0 Å². The lowest BCUT2D eigenvalue weighted by molar-refractivity contribution is -0.142. The van der Waals surface area contributed by atoms with Gasteiger partial charge in [0.05, 0.1) is 6.54 Å².